The molecular formula is C23H21ClN4O4S. The SMILES string of the molecule is Cn1c(SCc2ccccc2Cl)nc(=O)c2c1NC(=O)C[C@@H]2c1ccc(OCC(N)=O)cc1. The van der Waals surface area contributed by atoms with E-state index in [1.807, 2.05) is 24.3 Å². The zero-order chi connectivity index (χ0) is 23.5. The first-order valence-electron chi connectivity index (χ1n) is 10.1. The molecule has 2 aromatic carbocycles. The standard InChI is InChI=1S/C23H21ClN4O4S/c1-28-21-20(22(31)27-23(28)33-12-14-4-2-3-5-17(14)24)16(10-19(30)26-21)13-6-8-15(9-7-13)32-11-18(25)29/h2-9,16H,10-12H2,1H3,(H2,25,29)(H,26,30)/t16-/m1/s1. The van der Waals surface area contributed by atoms with Gasteiger partial charge in [0, 0.05) is 30.2 Å². The van der Waals surface area contributed by atoms with Crippen LogP contribution in [0.4, 0.5) is 5.82 Å². The van der Waals surface area contributed by atoms with Gasteiger partial charge in [0.1, 0.15) is 11.6 Å². The summed E-state index contributed by atoms with van der Waals surface area (Å²) < 4.78 is 7.02. The maximum Gasteiger partial charge on any atom is 0.279 e. The molecule has 3 N–H and O–H groups in total. The van der Waals surface area contributed by atoms with E-state index in [4.69, 9.17) is 22.1 Å². The highest BCUT2D eigenvalue weighted by Crippen LogP contribution is 2.36. The number of hydrogen-bond acceptors (Lipinski definition) is 6. The van der Waals surface area contributed by atoms with Gasteiger partial charge in [-0.05, 0) is 29.3 Å². The summed E-state index contributed by atoms with van der Waals surface area (Å²) in [7, 11) is 1.77. The number of aromatic nitrogens is 2. The molecule has 1 aliphatic heterocycles. The van der Waals surface area contributed by atoms with Crippen LogP contribution in [0.15, 0.2) is 58.5 Å². The van der Waals surface area contributed by atoms with Crippen molar-refractivity contribution in [2.24, 2.45) is 12.8 Å². The lowest BCUT2D eigenvalue weighted by molar-refractivity contribution is -0.120. The van der Waals surface area contributed by atoms with E-state index < -0.39 is 11.8 Å². The van der Waals surface area contributed by atoms with Gasteiger partial charge in [-0.2, -0.15) is 4.98 Å². The fourth-order valence-corrected chi connectivity index (χ4v) is 4.91. The molecule has 0 saturated carbocycles. The van der Waals surface area contributed by atoms with Gasteiger partial charge < -0.3 is 20.4 Å². The summed E-state index contributed by atoms with van der Waals surface area (Å²) in [5.41, 5.74) is 6.85. The van der Waals surface area contributed by atoms with Crippen LogP contribution in [0.2, 0.25) is 5.02 Å². The monoisotopic (exact) mass is 484 g/mol. The van der Waals surface area contributed by atoms with Crippen molar-refractivity contribution in [3.05, 3.63) is 80.6 Å². The fraction of sp³-hybridized carbons (Fsp3) is 0.217. The highest BCUT2D eigenvalue weighted by atomic mass is 35.5. The van der Waals surface area contributed by atoms with Gasteiger partial charge in [0.25, 0.3) is 11.5 Å². The smallest absolute Gasteiger partial charge is 0.279 e. The molecule has 3 aromatic rings. The Morgan fingerprint density at radius 1 is 1.24 bits per heavy atom. The van der Waals surface area contributed by atoms with E-state index in [9.17, 15) is 14.4 Å². The maximum absolute atomic E-state index is 13.1. The van der Waals surface area contributed by atoms with Crippen LogP contribution in [0.1, 0.15) is 29.0 Å². The Kier molecular flexibility index (Phi) is 6.71. The largest absolute Gasteiger partial charge is 0.484 e. The molecule has 1 aromatic heterocycles. The zero-order valence-electron chi connectivity index (χ0n) is 17.7. The van der Waals surface area contributed by atoms with Crippen LogP contribution >= 0.6 is 23.4 Å². The summed E-state index contributed by atoms with van der Waals surface area (Å²) in [6, 6.07) is 14.4. The van der Waals surface area contributed by atoms with Gasteiger partial charge in [0.05, 0.1) is 5.56 Å². The van der Waals surface area contributed by atoms with Gasteiger partial charge in [0.2, 0.25) is 5.91 Å². The molecule has 2 heterocycles. The quantitative estimate of drug-likeness (QED) is 0.393. The Morgan fingerprint density at radius 3 is 2.67 bits per heavy atom. The molecule has 1 aliphatic rings. The van der Waals surface area contributed by atoms with Crippen LogP contribution in [0.25, 0.3) is 0 Å². The third-order valence-electron chi connectivity index (χ3n) is 5.28. The van der Waals surface area contributed by atoms with Crippen molar-refractivity contribution in [1.29, 1.82) is 0 Å². The first kappa shape index (κ1) is 22.9. The molecule has 33 heavy (non-hydrogen) atoms. The third-order valence-corrected chi connectivity index (χ3v) is 6.73. The van der Waals surface area contributed by atoms with E-state index in [0.29, 0.717) is 33.1 Å². The molecule has 8 nitrogen and oxygen atoms in total. The van der Waals surface area contributed by atoms with Gasteiger partial charge >= 0.3 is 0 Å². The predicted molar refractivity (Wildman–Crippen MR) is 127 cm³/mol. The van der Waals surface area contributed by atoms with Crippen LogP contribution in [-0.4, -0.2) is 28.0 Å². The second kappa shape index (κ2) is 9.68. The van der Waals surface area contributed by atoms with Crippen molar-refractivity contribution in [2.75, 3.05) is 11.9 Å². The first-order valence-corrected chi connectivity index (χ1v) is 11.5. The molecule has 0 unspecified atom stereocenters. The summed E-state index contributed by atoms with van der Waals surface area (Å²) >= 11 is 7.61. The molecule has 0 aliphatic carbocycles. The first-order chi connectivity index (χ1) is 15.8. The number of thioether (sulfide) groups is 1. The summed E-state index contributed by atoms with van der Waals surface area (Å²) in [6.45, 7) is -0.229. The summed E-state index contributed by atoms with van der Waals surface area (Å²) in [4.78, 5) is 40.8. The highest BCUT2D eigenvalue weighted by molar-refractivity contribution is 7.98. The van der Waals surface area contributed by atoms with Crippen molar-refractivity contribution >= 4 is 41.0 Å². The summed E-state index contributed by atoms with van der Waals surface area (Å²) in [5, 5.41) is 3.96. The van der Waals surface area contributed by atoms with Crippen LogP contribution in [0, 0.1) is 0 Å². The number of nitrogens with two attached hydrogens (primary N) is 1. The summed E-state index contributed by atoms with van der Waals surface area (Å²) in [5.74, 6) is 0.220. The number of hydrogen-bond donors (Lipinski definition) is 2. The van der Waals surface area contributed by atoms with E-state index in [1.54, 1.807) is 35.9 Å². The number of carbonyl (C=O) groups excluding carboxylic acids is 2. The highest BCUT2D eigenvalue weighted by Gasteiger charge is 2.32. The molecule has 170 valence electrons. The molecular weight excluding hydrogens is 464 g/mol. The van der Waals surface area contributed by atoms with E-state index in [2.05, 4.69) is 10.3 Å². The van der Waals surface area contributed by atoms with Gasteiger partial charge in [-0.15, -0.1) is 0 Å². The Balaban J connectivity index is 1.64. The van der Waals surface area contributed by atoms with Crippen molar-refractivity contribution in [3.63, 3.8) is 0 Å². The number of nitrogens with zero attached hydrogens (tertiary/aromatic N) is 2. The van der Waals surface area contributed by atoms with Gasteiger partial charge in [0.15, 0.2) is 11.8 Å². The van der Waals surface area contributed by atoms with Gasteiger partial charge in [-0.25, -0.2) is 0 Å². The molecule has 0 radical (unpaired) electrons. The van der Waals surface area contributed by atoms with Crippen LogP contribution in [0.3, 0.4) is 0 Å². The number of ether oxygens (including phenoxy) is 1. The third kappa shape index (κ3) is 5.04. The Bertz CT molecular complexity index is 1280. The van der Waals surface area contributed by atoms with Gasteiger partial charge in [-0.3, -0.25) is 14.4 Å². The predicted octanol–water partition coefficient (Wildman–Crippen LogP) is 3.06. The Morgan fingerprint density at radius 2 is 1.97 bits per heavy atom. The van der Waals surface area contributed by atoms with Crippen molar-refractivity contribution in [3.8, 4) is 5.75 Å². The molecule has 0 saturated heterocycles. The Labute approximate surface area is 199 Å². The molecule has 0 spiro atoms. The zero-order valence-corrected chi connectivity index (χ0v) is 19.3. The number of carbonyl (C=O) groups is 2. The van der Waals surface area contributed by atoms with Crippen molar-refractivity contribution < 1.29 is 14.3 Å². The number of fused-ring (bicyclic) bond motifs is 1. The Hall–Kier alpha value is -3.30. The van der Waals surface area contributed by atoms with Crippen LogP contribution < -0.4 is 21.3 Å². The normalized spacial score (nSPS) is 15.0. The van der Waals surface area contributed by atoms with Crippen LogP contribution in [-0.2, 0) is 22.4 Å². The van der Waals surface area contributed by atoms with E-state index in [1.165, 1.54) is 11.8 Å². The number of nitrogens with one attached hydrogen (secondary N) is 1. The molecule has 10 heteroatoms. The molecule has 1 atom stereocenters. The van der Waals surface area contributed by atoms with E-state index in [-0.39, 0.29) is 24.5 Å². The minimum absolute atomic E-state index is 0.123. The summed E-state index contributed by atoms with van der Waals surface area (Å²) in [6.07, 6.45) is 0.123. The molecule has 4 rings (SSSR count). The van der Waals surface area contributed by atoms with Crippen molar-refractivity contribution in [2.45, 2.75) is 23.2 Å². The second-order valence-electron chi connectivity index (χ2n) is 7.53. The average molecular weight is 485 g/mol. The number of benzene rings is 2. The average Bonchev–Trinajstić information content (AvgIpc) is 2.79. The second-order valence-corrected chi connectivity index (χ2v) is 8.88. The lowest BCUT2D eigenvalue weighted by atomic mass is 9.87. The number of amides is 2. The molecule has 0 bridgehead atoms. The minimum atomic E-state index is -0.574. The topological polar surface area (TPSA) is 116 Å². The number of rotatable bonds is 7. The fourth-order valence-electron chi connectivity index (χ4n) is 3.66. The van der Waals surface area contributed by atoms with Crippen LogP contribution in [0.5, 0.6) is 5.75 Å². The lowest BCUT2D eigenvalue weighted by Gasteiger charge is -2.27. The number of anilines is 1. The van der Waals surface area contributed by atoms with Crippen molar-refractivity contribution in [1.82, 2.24) is 9.55 Å². The van der Waals surface area contributed by atoms with E-state index >= 15 is 0 Å². The molecule has 2 amide bonds. The van der Waals surface area contributed by atoms with E-state index in [0.717, 1.165) is 11.1 Å². The maximum atomic E-state index is 13.1. The number of primary amides is 1. The molecule has 0 fully saturated rings. The minimum Gasteiger partial charge on any atom is -0.484 e. The number of halogens is 1. The lowest BCUT2D eigenvalue weighted by Crippen LogP contribution is -2.33. The van der Waals surface area contributed by atoms with Gasteiger partial charge in [-0.1, -0.05) is 53.7 Å².